The summed E-state index contributed by atoms with van der Waals surface area (Å²) >= 11 is 0. The Morgan fingerprint density at radius 3 is 0.940 bits per heavy atom. The summed E-state index contributed by atoms with van der Waals surface area (Å²) in [6.45, 7) is 4.61. The van der Waals surface area contributed by atoms with Gasteiger partial charge in [-0.2, -0.15) is 0 Å². The first-order chi connectivity index (χ1) is 24.6. The number of amides is 1. The highest BCUT2D eigenvalue weighted by Crippen LogP contribution is 2.16. The van der Waals surface area contributed by atoms with Gasteiger partial charge >= 0.3 is 0 Å². The molecule has 1 atom stereocenters. The average Bonchev–Trinajstić information content (AvgIpc) is 3.12. The van der Waals surface area contributed by atoms with E-state index in [-0.39, 0.29) is 18.6 Å². The molecule has 0 aromatic rings. The molecule has 0 aliphatic rings. The van der Waals surface area contributed by atoms with E-state index in [1.807, 2.05) is 0 Å². The van der Waals surface area contributed by atoms with E-state index in [2.05, 4.69) is 19.2 Å². The van der Waals surface area contributed by atoms with Crippen molar-refractivity contribution in [3.8, 4) is 0 Å². The Balaban J connectivity index is 3.38. The molecule has 4 nitrogen and oxygen atoms in total. The molecule has 0 saturated heterocycles. The molecule has 298 valence electrons. The first-order valence-electron chi connectivity index (χ1n) is 23.1. The average molecular weight is 706 g/mol. The maximum absolute atomic E-state index is 12.4. The third-order valence-corrected chi connectivity index (χ3v) is 10.9. The second kappa shape index (κ2) is 42.5. The van der Waals surface area contributed by atoms with Crippen molar-refractivity contribution in [1.29, 1.82) is 0 Å². The van der Waals surface area contributed by atoms with Crippen molar-refractivity contribution < 1.29 is 14.7 Å². The number of carbonyl (C=O) groups excluding carboxylic acids is 2. The number of ketones is 1. The summed E-state index contributed by atoms with van der Waals surface area (Å²) in [6.07, 6.45) is 50.2. The molecular weight excluding hydrogens is 615 g/mol. The van der Waals surface area contributed by atoms with Crippen LogP contribution in [0.15, 0.2) is 0 Å². The van der Waals surface area contributed by atoms with Crippen LogP contribution in [0.25, 0.3) is 0 Å². The smallest absolute Gasteiger partial charge is 0.220 e. The number of aliphatic hydroxyl groups excluding tert-OH is 1. The fraction of sp³-hybridized carbons (Fsp3) is 0.957. The van der Waals surface area contributed by atoms with Crippen LogP contribution in [-0.2, 0) is 9.59 Å². The summed E-state index contributed by atoms with van der Waals surface area (Å²) in [6, 6.07) is -0.0664. The van der Waals surface area contributed by atoms with E-state index in [1.54, 1.807) is 0 Å². The van der Waals surface area contributed by atoms with Gasteiger partial charge in [-0.3, -0.25) is 9.59 Å². The van der Waals surface area contributed by atoms with Gasteiger partial charge in [-0.05, 0) is 25.7 Å². The minimum absolute atomic E-state index is 0.0602. The highest BCUT2D eigenvalue weighted by atomic mass is 16.3. The zero-order valence-electron chi connectivity index (χ0n) is 34.3. The van der Waals surface area contributed by atoms with Gasteiger partial charge in [0.2, 0.25) is 5.91 Å². The molecule has 2 N–H and O–H groups in total. The zero-order chi connectivity index (χ0) is 36.4. The SMILES string of the molecule is CCCCCCCCCCCCCCCC[C@H](CO)NC(=O)CCCCCCCCCCCCCCCC(=O)CCCCCCCCCCC. The zero-order valence-corrected chi connectivity index (χ0v) is 34.3. The Kier molecular flexibility index (Phi) is 41.7. The maximum atomic E-state index is 12.4. The third-order valence-electron chi connectivity index (χ3n) is 10.9. The van der Waals surface area contributed by atoms with E-state index in [1.165, 1.54) is 199 Å². The Labute approximate surface area is 314 Å². The fourth-order valence-corrected chi connectivity index (χ4v) is 7.40. The van der Waals surface area contributed by atoms with Gasteiger partial charge in [-0.25, -0.2) is 0 Å². The molecule has 4 heteroatoms. The van der Waals surface area contributed by atoms with Crippen LogP contribution in [-0.4, -0.2) is 29.4 Å². The number of rotatable bonds is 43. The summed E-state index contributed by atoms with van der Waals surface area (Å²) in [5.41, 5.74) is 0. The van der Waals surface area contributed by atoms with Crippen LogP contribution < -0.4 is 5.32 Å². The molecule has 0 unspecified atom stereocenters. The molecule has 0 aromatic carbocycles. The molecule has 0 radical (unpaired) electrons. The van der Waals surface area contributed by atoms with Gasteiger partial charge in [-0.1, -0.05) is 226 Å². The quantitative estimate of drug-likeness (QED) is 0.0621. The summed E-state index contributed by atoms with van der Waals surface area (Å²) in [4.78, 5) is 24.5. The molecule has 0 aliphatic heterocycles. The lowest BCUT2D eigenvalue weighted by Gasteiger charge is -2.16. The summed E-state index contributed by atoms with van der Waals surface area (Å²) in [5, 5.41) is 12.8. The van der Waals surface area contributed by atoms with Crippen molar-refractivity contribution in [2.24, 2.45) is 0 Å². The molecule has 0 aromatic heterocycles. The Bertz CT molecular complexity index is 680. The van der Waals surface area contributed by atoms with Gasteiger partial charge in [0, 0.05) is 19.3 Å². The van der Waals surface area contributed by atoms with Crippen LogP contribution in [0.4, 0.5) is 0 Å². The van der Waals surface area contributed by atoms with Crippen LogP contribution in [0, 0.1) is 0 Å². The van der Waals surface area contributed by atoms with Crippen LogP contribution in [0.5, 0.6) is 0 Å². The molecule has 1 amide bonds. The predicted octanol–water partition coefficient (Wildman–Crippen LogP) is 14.7. The third kappa shape index (κ3) is 39.9. The minimum Gasteiger partial charge on any atom is -0.394 e. The largest absolute Gasteiger partial charge is 0.394 e. The van der Waals surface area contributed by atoms with E-state index >= 15 is 0 Å². The molecule has 0 spiro atoms. The molecule has 0 saturated carbocycles. The van der Waals surface area contributed by atoms with E-state index in [0.717, 1.165) is 51.4 Å². The van der Waals surface area contributed by atoms with Crippen LogP contribution >= 0.6 is 0 Å². The molecule has 0 heterocycles. The number of carbonyl (C=O) groups is 2. The first-order valence-corrected chi connectivity index (χ1v) is 23.1. The van der Waals surface area contributed by atoms with Gasteiger partial charge in [0.05, 0.1) is 12.6 Å². The van der Waals surface area contributed by atoms with Crippen molar-refractivity contribution in [2.75, 3.05) is 6.61 Å². The second-order valence-electron chi connectivity index (χ2n) is 16.0. The molecule has 0 rings (SSSR count). The van der Waals surface area contributed by atoms with Crippen molar-refractivity contribution >= 4 is 11.7 Å². The van der Waals surface area contributed by atoms with Gasteiger partial charge in [-0.15, -0.1) is 0 Å². The molecular formula is C46H91NO3. The lowest BCUT2D eigenvalue weighted by molar-refractivity contribution is -0.122. The van der Waals surface area contributed by atoms with Gasteiger partial charge in [0.25, 0.3) is 0 Å². The van der Waals surface area contributed by atoms with E-state index in [0.29, 0.717) is 12.2 Å². The Morgan fingerprint density at radius 1 is 0.380 bits per heavy atom. The normalized spacial score (nSPS) is 12.1. The van der Waals surface area contributed by atoms with E-state index in [9.17, 15) is 14.7 Å². The van der Waals surface area contributed by atoms with Gasteiger partial charge < -0.3 is 10.4 Å². The van der Waals surface area contributed by atoms with Crippen molar-refractivity contribution in [3.63, 3.8) is 0 Å². The minimum atomic E-state index is -0.0664. The first kappa shape index (κ1) is 49.1. The Hall–Kier alpha value is -0.900. The summed E-state index contributed by atoms with van der Waals surface area (Å²) in [5.74, 6) is 0.618. The number of unbranched alkanes of at least 4 members (excludes halogenated alkanes) is 33. The molecule has 50 heavy (non-hydrogen) atoms. The Morgan fingerprint density at radius 2 is 0.640 bits per heavy atom. The van der Waals surface area contributed by atoms with E-state index in [4.69, 9.17) is 0 Å². The van der Waals surface area contributed by atoms with Crippen LogP contribution in [0.1, 0.15) is 271 Å². The number of hydrogen-bond acceptors (Lipinski definition) is 3. The van der Waals surface area contributed by atoms with Gasteiger partial charge in [0.15, 0.2) is 0 Å². The number of Topliss-reactive ketones (excluding diaryl/α,β-unsaturated/α-hetero) is 1. The maximum Gasteiger partial charge on any atom is 0.220 e. The standard InChI is InChI=1S/C46H91NO3/c1-3-5-7-9-11-13-14-15-17-20-24-27-31-35-39-44(43-48)47-46(50)42-38-34-30-26-22-19-16-18-21-25-29-33-37-41-45(49)40-36-32-28-23-12-10-8-6-4-2/h44,48H,3-43H2,1-2H3,(H,47,50)/t44-/m1/s1. The molecule has 0 aliphatic carbocycles. The number of nitrogens with one attached hydrogen (secondary N) is 1. The summed E-state index contributed by atoms with van der Waals surface area (Å²) in [7, 11) is 0. The van der Waals surface area contributed by atoms with E-state index < -0.39 is 0 Å². The van der Waals surface area contributed by atoms with Crippen LogP contribution in [0.3, 0.4) is 0 Å². The lowest BCUT2D eigenvalue weighted by atomic mass is 10.0. The summed E-state index contributed by atoms with van der Waals surface area (Å²) < 4.78 is 0. The molecule has 0 bridgehead atoms. The fourth-order valence-electron chi connectivity index (χ4n) is 7.40. The van der Waals surface area contributed by atoms with Crippen LogP contribution in [0.2, 0.25) is 0 Å². The van der Waals surface area contributed by atoms with Crippen molar-refractivity contribution in [3.05, 3.63) is 0 Å². The topological polar surface area (TPSA) is 66.4 Å². The number of aliphatic hydroxyl groups is 1. The highest BCUT2D eigenvalue weighted by molar-refractivity contribution is 5.78. The second-order valence-corrected chi connectivity index (χ2v) is 16.0. The highest BCUT2D eigenvalue weighted by Gasteiger charge is 2.11. The number of hydrogen-bond donors (Lipinski definition) is 2. The van der Waals surface area contributed by atoms with Crippen molar-refractivity contribution in [1.82, 2.24) is 5.32 Å². The van der Waals surface area contributed by atoms with Gasteiger partial charge in [0.1, 0.15) is 5.78 Å². The predicted molar refractivity (Wildman–Crippen MR) is 220 cm³/mol. The van der Waals surface area contributed by atoms with Crippen molar-refractivity contribution in [2.45, 2.75) is 277 Å². The molecule has 0 fully saturated rings. The monoisotopic (exact) mass is 706 g/mol. The lowest BCUT2D eigenvalue weighted by Crippen LogP contribution is -2.37.